The Hall–Kier alpha value is -2.77. The van der Waals surface area contributed by atoms with Crippen LogP contribution in [0.1, 0.15) is 23.7 Å². The summed E-state index contributed by atoms with van der Waals surface area (Å²) in [5, 5.41) is 0. The Bertz CT molecular complexity index is 688. The molecule has 1 heterocycles. The largest absolute Gasteiger partial charge is 0.494 e. The van der Waals surface area contributed by atoms with Crippen LogP contribution in [0.25, 0.3) is 0 Å². The maximum atomic E-state index is 13.6. The van der Waals surface area contributed by atoms with Crippen LogP contribution in [0.3, 0.4) is 0 Å². The van der Waals surface area contributed by atoms with E-state index in [4.69, 9.17) is 4.74 Å². The fourth-order valence-electron chi connectivity index (χ4n) is 2.19. The maximum Gasteiger partial charge on any atom is 0.334 e. The smallest absolute Gasteiger partial charge is 0.334 e. The third-order valence-electron chi connectivity index (χ3n) is 3.36. The van der Waals surface area contributed by atoms with Crippen molar-refractivity contribution >= 4 is 23.6 Å². The van der Waals surface area contributed by atoms with Gasteiger partial charge < -0.3 is 4.74 Å². The summed E-state index contributed by atoms with van der Waals surface area (Å²) in [6, 6.07) is 2.72. The molecule has 0 saturated carbocycles. The first kappa shape index (κ1) is 16.6. The van der Waals surface area contributed by atoms with E-state index in [-0.39, 0.29) is 17.9 Å². The zero-order valence-corrected chi connectivity index (χ0v) is 12.7. The predicted molar refractivity (Wildman–Crippen MR) is 76.4 cm³/mol. The Balaban J connectivity index is 2.17. The number of benzene rings is 1. The molecule has 1 aliphatic heterocycles. The SMILES string of the molecule is CCCN1C(=O)C(=O)N(CC(=O)c2ccc(OC)c(F)c2)C1=O. The van der Waals surface area contributed by atoms with Gasteiger partial charge in [-0.3, -0.25) is 19.3 Å². The monoisotopic (exact) mass is 322 g/mol. The Morgan fingerprint density at radius 2 is 1.83 bits per heavy atom. The quantitative estimate of drug-likeness (QED) is 0.447. The van der Waals surface area contributed by atoms with E-state index in [1.165, 1.54) is 19.2 Å². The predicted octanol–water partition coefficient (Wildman–Crippen LogP) is 1.22. The third kappa shape index (κ3) is 3.05. The van der Waals surface area contributed by atoms with Gasteiger partial charge in [-0.25, -0.2) is 14.1 Å². The average Bonchev–Trinajstić information content (AvgIpc) is 2.73. The van der Waals surface area contributed by atoms with Crippen molar-refractivity contribution in [1.82, 2.24) is 9.80 Å². The number of urea groups is 1. The van der Waals surface area contributed by atoms with Gasteiger partial charge in [0, 0.05) is 12.1 Å². The average molecular weight is 322 g/mol. The van der Waals surface area contributed by atoms with E-state index in [2.05, 4.69) is 0 Å². The first-order valence-electron chi connectivity index (χ1n) is 6.94. The van der Waals surface area contributed by atoms with Crippen molar-refractivity contribution in [2.75, 3.05) is 20.2 Å². The molecular formula is C15H15FN2O5. The van der Waals surface area contributed by atoms with Gasteiger partial charge >= 0.3 is 17.8 Å². The maximum absolute atomic E-state index is 13.6. The fraction of sp³-hybridized carbons (Fsp3) is 0.333. The normalized spacial score (nSPS) is 14.7. The van der Waals surface area contributed by atoms with Crippen LogP contribution >= 0.6 is 0 Å². The number of halogens is 1. The summed E-state index contributed by atoms with van der Waals surface area (Å²) in [6.07, 6.45) is 0.496. The molecule has 0 radical (unpaired) electrons. The molecule has 0 bridgehead atoms. The highest BCUT2D eigenvalue weighted by atomic mass is 19.1. The summed E-state index contributed by atoms with van der Waals surface area (Å²) >= 11 is 0. The number of amides is 4. The van der Waals surface area contributed by atoms with Gasteiger partial charge in [0.25, 0.3) is 0 Å². The number of hydrogen-bond acceptors (Lipinski definition) is 5. The van der Waals surface area contributed by atoms with Gasteiger partial charge in [-0.15, -0.1) is 0 Å². The Morgan fingerprint density at radius 3 is 2.39 bits per heavy atom. The van der Waals surface area contributed by atoms with Crippen LogP contribution in [0.15, 0.2) is 18.2 Å². The molecule has 0 unspecified atom stereocenters. The highest BCUT2D eigenvalue weighted by molar-refractivity contribution is 6.45. The molecule has 0 aromatic heterocycles. The van der Waals surface area contributed by atoms with Gasteiger partial charge in [0.15, 0.2) is 17.3 Å². The topological polar surface area (TPSA) is 84.0 Å². The van der Waals surface area contributed by atoms with Crippen molar-refractivity contribution in [3.63, 3.8) is 0 Å². The number of Topliss-reactive ketones (excluding diaryl/α,β-unsaturated/α-hetero) is 1. The molecule has 8 heteroatoms. The summed E-state index contributed by atoms with van der Waals surface area (Å²) in [5.74, 6) is -3.42. The van der Waals surface area contributed by atoms with E-state index in [1.807, 2.05) is 0 Å². The van der Waals surface area contributed by atoms with Crippen molar-refractivity contribution in [3.05, 3.63) is 29.6 Å². The lowest BCUT2D eigenvalue weighted by Gasteiger charge is -2.14. The van der Waals surface area contributed by atoms with Gasteiger partial charge in [0.1, 0.15) is 0 Å². The second-order valence-corrected chi connectivity index (χ2v) is 4.90. The lowest BCUT2D eigenvalue weighted by atomic mass is 10.1. The molecule has 1 aromatic rings. The summed E-state index contributed by atoms with van der Waals surface area (Å²) < 4.78 is 18.4. The molecule has 1 saturated heterocycles. The molecule has 1 fully saturated rings. The number of nitrogens with zero attached hydrogens (tertiary/aromatic N) is 2. The zero-order valence-electron chi connectivity index (χ0n) is 12.7. The lowest BCUT2D eigenvalue weighted by Crippen LogP contribution is -2.37. The van der Waals surface area contributed by atoms with Crippen LogP contribution in [0.5, 0.6) is 5.75 Å². The number of ketones is 1. The van der Waals surface area contributed by atoms with Crippen LogP contribution in [0.4, 0.5) is 9.18 Å². The standard InChI is InChI=1S/C15H15FN2O5/c1-3-6-17-13(20)14(21)18(15(17)22)8-11(19)9-4-5-12(23-2)10(16)7-9/h4-5,7H,3,6,8H2,1-2H3. The van der Waals surface area contributed by atoms with Crippen molar-refractivity contribution in [3.8, 4) is 5.75 Å². The minimum Gasteiger partial charge on any atom is -0.494 e. The molecule has 1 aromatic carbocycles. The van der Waals surface area contributed by atoms with Crippen LogP contribution in [0, 0.1) is 5.82 Å². The Kier molecular flexibility index (Phi) is 4.73. The van der Waals surface area contributed by atoms with Crippen molar-refractivity contribution in [2.45, 2.75) is 13.3 Å². The highest BCUT2D eigenvalue weighted by Crippen LogP contribution is 2.19. The number of methoxy groups -OCH3 is 1. The van der Waals surface area contributed by atoms with E-state index >= 15 is 0 Å². The molecule has 122 valence electrons. The molecular weight excluding hydrogens is 307 g/mol. The van der Waals surface area contributed by atoms with Crippen molar-refractivity contribution < 1.29 is 28.3 Å². The minimum atomic E-state index is -1.05. The number of rotatable bonds is 6. The number of carbonyl (C=O) groups is 4. The zero-order chi connectivity index (χ0) is 17.1. The number of imide groups is 2. The van der Waals surface area contributed by atoms with E-state index < -0.39 is 36.0 Å². The second-order valence-electron chi connectivity index (χ2n) is 4.90. The summed E-state index contributed by atoms with van der Waals surface area (Å²) in [7, 11) is 1.29. The second kappa shape index (κ2) is 6.55. The first-order chi connectivity index (χ1) is 10.9. The molecule has 1 aliphatic rings. The van der Waals surface area contributed by atoms with Crippen LogP contribution in [-0.4, -0.2) is 53.6 Å². The Morgan fingerprint density at radius 1 is 1.17 bits per heavy atom. The van der Waals surface area contributed by atoms with E-state index in [1.54, 1.807) is 6.92 Å². The number of ether oxygens (including phenoxy) is 1. The summed E-state index contributed by atoms with van der Waals surface area (Å²) in [4.78, 5) is 49.0. The summed E-state index contributed by atoms with van der Waals surface area (Å²) in [5.41, 5.74) is -0.0229. The molecule has 0 N–H and O–H groups in total. The van der Waals surface area contributed by atoms with E-state index in [0.717, 1.165) is 11.0 Å². The fourth-order valence-corrected chi connectivity index (χ4v) is 2.19. The molecule has 0 atom stereocenters. The van der Waals surface area contributed by atoms with Crippen molar-refractivity contribution in [2.24, 2.45) is 0 Å². The van der Waals surface area contributed by atoms with Gasteiger partial charge in [0.05, 0.1) is 13.7 Å². The molecule has 0 spiro atoms. The highest BCUT2D eigenvalue weighted by Gasteiger charge is 2.44. The molecule has 0 aliphatic carbocycles. The Labute approximate surface area is 131 Å². The molecule has 7 nitrogen and oxygen atoms in total. The van der Waals surface area contributed by atoms with Gasteiger partial charge in [-0.05, 0) is 24.6 Å². The van der Waals surface area contributed by atoms with Gasteiger partial charge in [-0.1, -0.05) is 6.92 Å². The number of hydrogen-bond donors (Lipinski definition) is 0. The van der Waals surface area contributed by atoms with Crippen molar-refractivity contribution in [1.29, 1.82) is 0 Å². The lowest BCUT2D eigenvalue weighted by molar-refractivity contribution is -0.143. The van der Waals surface area contributed by atoms with E-state index in [0.29, 0.717) is 11.3 Å². The summed E-state index contributed by atoms with van der Waals surface area (Å²) in [6.45, 7) is 1.24. The third-order valence-corrected chi connectivity index (χ3v) is 3.36. The number of carbonyl (C=O) groups excluding carboxylic acids is 4. The van der Waals surface area contributed by atoms with E-state index in [9.17, 15) is 23.6 Å². The van der Waals surface area contributed by atoms with Gasteiger partial charge in [-0.2, -0.15) is 0 Å². The molecule has 23 heavy (non-hydrogen) atoms. The van der Waals surface area contributed by atoms with Crippen LogP contribution in [0.2, 0.25) is 0 Å². The molecule has 4 amide bonds. The first-order valence-corrected chi connectivity index (χ1v) is 6.94. The van der Waals surface area contributed by atoms with Crippen LogP contribution in [-0.2, 0) is 9.59 Å². The minimum absolute atomic E-state index is 0.0229. The van der Waals surface area contributed by atoms with Crippen LogP contribution < -0.4 is 4.74 Å². The van der Waals surface area contributed by atoms with Gasteiger partial charge in [0.2, 0.25) is 0 Å². The molecule has 2 rings (SSSR count).